The summed E-state index contributed by atoms with van der Waals surface area (Å²) in [5, 5.41) is -0.219. The van der Waals surface area contributed by atoms with E-state index in [0.29, 0.717) is 23.6 Å². The molecule has 0 N–H and O–H groups in total. The Morgan fingerprint density at radius 2 is 1.73 bits per heavy atom. The summed E-state index contributed by atoms with van der Waals surface area (Å²) in [4.78, 5) is 38.0. The van der Waals surface area contributed by atoms with Crippen LogP contribution in [0.1, 0.15) is 48.2 Å². The fourth-order valence-corrected chi connectivity index (χ4v) is 4.04. The first-order valence-electron chi connectivity index (χ1n) is 10.1. The topological polar surface area (TPSA) is 63.7 Å². The monoisotopic (exact) mass is 423 g/mol. The molecule has 1 aliphatic heterocycles. The third kappa shape index (κ3) is 5.60. The molecule has 0 atom stereocenters. The maximum atomic E-state index is 12.6. The first kappa shape index (κ1) is 21.8. The maximum absolute atomic E-state index is 12.6. The van der Waals surface area contributed by atoms with Crippen LogP contribution in [0.2, 0.25) is 0 Å². The Labute approximate surface area is 181 Å². The molecule has 5 nitrogen and oxygen atoms in total. The molecular weight excluding hydrogens is 398 g/mol. The lowest BCUT2D eigenvalue weighted by Crippen LogP contribution is -2.29. The van der Waals surface area contributed by atoms with Crippen LogP contribution < -0.4 is 4.74 Å². The molecule has 0 spiro atoms. The lowest BCUT2D eigenvalue weighted by atomic mass is 10.0. The van der Waals surface area contributed by atoms with Gasteiger partial charge in [-0.25, -0.2) is 0 Å². The molecule has 0 radical (unpaired) electrons. The lowest BCUT2D eigenvalue weighted by molar-refractivity contribution is -0.122. The zero-order valence-electron chi connectivity index (χ0n) is 17.2. The molecule has 1 saturated heterocycles. The van der Waals surface area contributed by atoms with Gasteiger partial charge in [-0.2, -0.15) is 0 Å². The summed E-state index contributed by atoms with van der Waals surface area (Å²) in [5.41, 5.74) is 2.71. The molecule has 1 aliphatic rings. The van der Waals surface area contributed by atoms with E-state index in [1.54, 1.807) is 13.0 Å². The van der Waals surface area contributed by atoms with Gasteiger partial charge in [0, 0.05) is 12.1 Å². The minimum absolute atomic E-state index is 0.0548. The van der Waals surface area contributed by atoms with Crippen molar-refractivity contribution in [3.63, 3.8) is 0 Å². The average Bonchev–Trinajstić information content (AvgIpc) is 3.00. The normalized spacial score (nSPS) is 15.1. The number of hydrogen-bond acceptors (Lipinski definition) is 5. The Kier molecular flexibility index (Phi) is 7.46. The number of ether oxygens (including phenoxy) is 1. The molecule has 6 heteroatoms. The zero-order chi connectivity index (χ0) is 21.5. The van der Waals surface area contributed by atoms with E-state index in [1.165, 1.54) is 4.90 Å². The van der Waals surface area contributed by atoms with E-state index < -0.39 is 0 Å². The molecule has 2 aromatic rings. The number of ketones is 1. The molecule has 0 unspecified atom stereocenters. The third-order valence-electron chi connectivity index (χ3n) is 4.82. The average molecular weight is 424 g/mol. The highest BCUT2D eigenvalue weighted by Crippen LogP contribution is 2.32. The van der Waals surface area contributed by atoms with Gasteiger partial charge >= 0.3 is 0 Å². The molecular formula is C24H25NO4S. The standard InChI is InChI=1S/C24H25NO4S/c1-3-29-21-13-9-19(10-14-21)16-22-23(27)25(24(28)30-22)15-5-4-6-18-7-11-20(12-8-18)17(2)26/h7-14,16H,3-6,15H2,1-2H3/b22-16-. The van der Waals surface area contributed by atoms with Crippen LogP contribution in [-0.4, -0.2) is 35.0 Å². The number of carbonyl (C=O) groups is 3. The smallest absolute Gasteiger partial charge is 0.293 e. The number of aryl methyl sites for hydroxylation is 1. The van der Waals surface area contributed by atoms with Crippen molar-refractivity contribution in [1.29, 1.82) is 0 Å². The molecule has 0 aromatic heterocycles. The molecule has 2 aromatic carbocycles. The first-order valence-corrected chi connectivity index (χ1v) is 10.9. The van der Waals surface area contributed by atoms with E-state index in [1.807, 2.05) is 55.5 Å². The fraction of sp³-hybridized carbons (Fsp3) is 0.292. The largest absolute Gasteiger partial charge is 0.494 e. The van der Waals surface area contributed by atoms with Gasteiger partial charge in [0.05, 0.1) is 11.5 Å². The number of benzene rings is 2. The Morgan fingerprint density at radius 3 is 2.37 bits per heavy atom. The SMILES string of the molecule is CCOc1ccc(/C=C2\SC(=O)N(CCCCc3ccc(C(C)=O)cc3)C2=O)cc1. The van der Waals surface area contributed by atoms with Gasteiger partial charge < -0.3 is 4.74 Å². The summed E-state index contributed by atoms with van der Waals surface area (Å²) in [6, 6.07) is 15.0. The van der Waals surface area contributed by atoms with E-state index in [9.17, 15) is 14.4 Å². The van der Waals surface area contributed by atoms with E-state index in [-0.39, 0.29) is 16.9 Å². The van der Waals surface area contributed by atoms with Crippen molar-refractivity contribution in [2.24, 2.45) is 0 Å². The highest BCUT2D eigenvalue weighted by atomic mass is 32.2. The first-order chi connectivity index (χ1) is 14.5. The van der Waals surface area contributed by atoms with Crippen LogP contribution in [-0.2, 0) is 11.2 Å². The predicted molar refractivity (Wildman–Crippen MR) is 120 cm³/mol. The lowest BCUT2D eigenvalue weighted by Gasteiger charge is -2.12. The third-order valence-corrected chi connectivity index (χ3v) is 5.73. The number of carbonyl (C=O) groups excluding carboxylic acids is 3. The van der Waals surface area contributed by atoms with Crippen molar-refractivity contribution in [2.75, 3.05) is 13.2 Å². The number of rotatable bonds is 9. The van der Waals surface area contributed by atoms with Crippen molar-refractivity contribution < 1.29 is 19.1 Å². The van der Waals surface area contributed by atoms with Crippen molar-refractivity contribution in [3.05, 3.63) is 70.1 Å². The molecule has 3 rings (SSSR count). The highest BCUT2D eigenvalue weighted by molar-refractivity contribution is 8.18. The zero-order valence-corrected chi connectivity index (χ0v) is 18.0. The minimum Gasteiger partial charge on any atom is -0.494 e. The van der Waals surface area contributed by atoms with Crippen LogP contribution in [0.4, 0.5) is 4.79 Å². The van der Waals surface area contributed by atoms with Crippen molar-refractivity contribution in [2.45, 2.75) is 33.1 Å². The van der Waals surface area contributed by atoms with Gasteiger partial charge in [-0.15, -0.1) is 0 Å². The van der Waals surface area contributed by atoms with Crippen LogP contribution >= 0.6 is 11.8 Å². The van der Waals surface area contributed by atoms with E-state index in [2.05, 4.69) is 0 Å². The molecule has 0 aliphatic carbocycles. The summed E-state index contributed by atoms with van der Waals surface area (Å²) in [7, 11) is 0. The molecule has 0 bridgehead atoms. The van der Waals surface area contributed by atoms with Gasteiger partial charge in [0.1, 0.15) is 5.75 Å². The second kappa shape index (κ2) is 10.3. The Bertz CT molecular complexity index is 948. The van der Waals surface area contributed by atoms with Gasteiger partial charge in [0.25, 0.3) is 11.1 Å². The van der Waals surface area contributed by atoms with Crippen molar-refractivity contribution in [3.8, 4) is 5.75 Å². The number of Topliss-reactive ketones (excluding diaryl/α,β-unsaturated/α-hetero) is 1. The Morgan fingerprint density at radius 1 is 1.03 bits per heavy atom. The Balaban J connectivity index is 1.51. The molecule has 0 saturated carbocycles. The van der Waals surface area contributed by atoms with E-state index >= 15 is 0 Å². The summed E-state index contributed by atoms with van der Waals surface area (Å²) < 4.78 is 5.42. The molecule has 156 valence electrons. The summed E-state index contributed by atoms with van der Waals surface area (Å²) in [6.45, 7) is 4.49. The molecule has 1 heterocycles. The Hall–Kier alpha value is -2.86. The summed E-state index contributed by atoms with van der Waals surface area (Å²) >= 11 is 0.985. The summed E-state index contributed by atoms with van der Waals surface area (Å²) in [6.07, 6.45) is 4.19. The number of imide groups is 1. The minimum atomic E-state index is -0.232. The van der Waals surface area contributed by atoms with Crippen LogP contribution in [0, 0.1) is 0 Å². The fourth-order valence-electron chi connectivity index (χ4n) is 3.18. The van der Waals surface area contributed by atoms with Gasteiger partial charge in [-0.3, -0.25) is 19.3 Å². The number of thioether (sulfide) groups is 1. The van der Waals surface area contributed by atoms with Crippen molar-refractivity contribution >= 4 is 34.8 Å². The summed E-state index contributed by atoms with van der Waals surface area (Å²) in [5.74, 6) is 0.600. The number of nitrogens with zero attached hydrogens (tertiary/aromatic N) is 1. The molecule has 30 heavy (non-hydrogen) atoms. The van der Waals surface area contributed by atoms with Gasteiger partial charge in [0.15, 0.2) is 5.78 Å². The second-order valence-electron chi connectivity index (χ2n) is 7.05. The number of amides is 2. The van der Waals surface area contributed by atoms with Crippen LogP contribution in [0.25, 0.3) is 6.08 Å². The van der Waals surface area contributed by atoms with Crippen LogP contribution in [0.3, 0.4) is 0 Å². The van der Waals surface area contributed by atoms with Crippen LogP contribution in [0.5, 0.6) is 5.75 Å². The quantitative estimate of drug-likeness (QED) is 0.309. The van der Waals surface area contributed by atoms with Gasteiger partial charge in [-0.05, 0) is 74.2 Å². The second-order valence-corrected chi connectivity index (χ2v) is 8.04. The number of hydrogen-bond donors (Lipinski definition) is 0. The maximum Gasteiger partial charge on any atom is 0.293 e. The van der Waals surface area contributed by atoms with Crippen LogP contribution in [0.15, 0.2) is 53.4 Å². The van der Waals surface area contributed by atoms with E-state index in [4.69, 9.17) is 4.74 Å². The number of unbranched alkanes of at least 4 members (excludes halogenated alkanes) is 1. The molecule has 1 fully saturated rings. The van der Waals surface area contributed by atoms with Gasteiger partial charge in [-0.1, -0.05) is 36.4 Å². The van der Waals surface area contributed by atoms with Crippen molar-refractivity contribution in [1.82, 2.24) is 4.90 Å². The predicted octanol–water partition coefficient (Wildman–Crippen LogP) is 5.35. The molecule has 2 amide bonds. The highest BCUT2D eigenvalue weighted by Gasteiger charge is 2.34. The van der Waals surface area contributed by atoms with Gasteiger partial charge in [0.2, 0.25) is 0 Å². The van der Waals surface area contributed by atoms with E-state index in [0.717, 1.165) is 47.9 Å².